The molecule has 25 heavy (non-hydrogen) atoms. The Morgan fingerprint density at radius 1 is 0.960 bits per heavy atom. The van der Waals surface area contributed by atoms with E-state index in [-0.39, 0.29) is 6.54 Å². The molecule has 1 spiro atoms. The van der Waals surface area contributed by atoms with Crippen LogP contribution in [0.25, 0.3) is 0 Å². The van der Waals surface area contributed by atoms with E-state index >= 15 is 0 Å². The highest BCUT2D eigenvalue weighted by Crippen LogP contribution is 2.43. The fourth-order valence-corrected chi connectivity index (χ4v) is 3.49. The molecule has 1 fully saturated rings. The van der Waals surface area contributed by atoms with E-state index in [1.165, 1.54) is 11.0 Å². The second-order valence-corrected chi connectivity index (χ2v) is 6.71. The first-order valence-electron chi connectivity index (χ1n) is 7.42. The van der Waals surface area contributed by atoms with Crippen molar-refractivity contribution >= 4 is 46.7 Å². The topological polar surface area (TPSA) is 78.5 Å². The van der Waals surface area contributed by atoms with Crippen LogP contribution in [-0.2, 0) is 21.7 Å². The average molecular weight is 376 g/mol. The van der Waals surface area contributed by atoms with Crippen molar-refractivity contribution in [3.8, 4) is 0 Å². The molecular formula is C17H11Cl2N3O3. The predicted octanol–water partition coefficient (Wildman–Crippen LogP) is 2.57. The van der Waals surface area contributed by atoms with E-state index in [1.54, 1.807) is 36.4 Å². The van der Waals surface area contributed by atoms with E-state index < -0.39 is 23.4 Å². The number of nitrogens with zero attached hydrogens (tertiary/aromatic N) is 1. The third-order valence-corrected chi connectivity index (χ3v) is 4.83. The zero-order valence-electron chi connectivity index (χ0n) is 12.7. The van der Waals surface area contributed by atoms with E-state index in [1.807, 2.05) is 0 Å². The summed E-state index contributed by atoms with van der Waals surface area (Å²) in [6.45, 7) is 0.232. The minimum atomic E-state index is -1.77. The second kappa shape index (κ2) is 5.47. The minimum absolute atomic E-state index is 0.232. The van der Waals surface area contributed by atoms with Gasteiger partial charge in [0.2, 0.25) is 5.54 Å². The number of hydrogen-bond acceptors (Lipinski definition) is 3. The number of imide groups is 1. The molecule has 1 saturated heterocycles. The number of anilines is 1. The van der Waals surface area contributed by atoms with Gasteiger partial charge < -0.3 is 10.2 Å². The van der Waals surface area contributed by atoms with Gasteiger partial charge in [0.05, 0.1) is 12.2 Å². The van der Waals surface area contributed by atoms with E-state index in [2.05, 4.69) is 10.6 Å². The van der Waals surface area contributed by atoms with Crippen molar-refractivity contribution in [2.24, 2.45) is 0 Å². The van der Waals surface area contributed by atoms with Crippen LogP contribution >= 0.6 is 23.2 Å². The van der Waals surface area contributed by atoms with Crippen molar-refractivity contribution in [3.63, 3.8) is 0 Å². The molecule has 0 aliphatic carbocycles. The molecule has 2 aliphatic heterocycles. The summed E-state index contributed by atoms with van der Waals surface area (Å²) in [7, 11) is 0. The molecule has 2 heterocycles. The number of benzene rings is 2. The quantitative estimate of drug-likeness (QED) is 0.625. The largest absolute Gasteiger partial charge is 0.323 e. The molecule has 4 amide bonds. The van der Waals surface area contributed by atoms with Gasteiger partial charge in [-0.3, -0.25) is 14.9 Å². The first-order chi connectivity index (χ1) is 11.9. The van der Waals surface area contributed by atoms with Crippen LogP contribution in [0.3, 0.4) is 0 Å². The van der Waals surface area contributed by atoms with Crippen LogP contribution in [0.2, 0.25) is 10.0 Å². The summed E-state index contributed by atoms with van der Waals surface area (Å²) in [5, 5.41) is 5.56. The van der Waals surface area contributed by atoms with Gasteiger partial charge in [-0.25, -0.2) is 4.79 Å². The number of carbonyl (C=O) groups is 3. The summed E-state index contributed by atoms with van der Waals surface area (Å²) in [5.74, 6) is -1.23. The van der Waals surface area contributed by atoms with E-state index in [9.17, 15) is 14.4 Å². The van der Waals surface area contributed by atoms with Gasteiger partial charge in [-0.15, -0.1) is 0 Å². The van der Waals surface area contributed by atoms with Crippen molar-refractivity contribution in [1.29, 1.82) is 0 Å². The van der Waals surface area contributed by atoms with Gasteiger partial charge in [-0.2, -0.15) is 0 Å². The maximum absolute atomic E-state index is 13.1. The lowest BCUT2D eigenvalue weighted by molar-refractivity contribution is -0.134. The van der Waals surface area contributed by atoms with Gasteiger partial charge >= 0.3 is 6.03 Å². The van der Waals surface area contributed by atoms with Crippen LogP contribution < -0.4 is 15.5 Å². The molecule has 1 unspecified atom stereocenters. The Labute approximate surface area is 152 Å². The molecule has 2 N–H and O–H groups in total. The molecule has 2 aromatic rings. The fraction of sp³-hybridized carbons (Fsp3) is 0.118. The molecule has 0 radical (unpaired) electrons. The highest BCUT2D eigenvalue weighted by molar-refractivity contribution is 6.32. The maximum Gasteiger partial charge on any atom is 0.323 e. The van der Waals surface area contributed by atoms with Crippen LogP contribution in [0.1, 0.15) is 11.1 Å². The molecule has 2 aliphatic rings. The minimum Gasteiger partial charge on any atom is -0.312 e. The predicted molar refractivity (Wildman–Crippen MR) is 92.4 cm³/mol. The SMILES string of the molecule is O=C1NC(=O)C2(N1)C(=O)N(Cc1ccc(Cl)cc1)c1ccc(Cl)cc12. The Hall–Kier alpha value is -2.57. The summed E-state index contributed by atoms with van der Waals surface area (Å²) in [6, 6.07) is 11.2. The Morgan fingerprint density at radius 3 is 2.28 bits per heavy atom. The van der Waals surface area contributed by atoms with Gasteiger partial charge in [0.15, 0.2) is 0 Å². The van der Waals surface area contributed by atoms with E-state index in [4.69, 9.17) is 23.2 Å². The molecule has 1 atom stereocenters. The van der Waals surface area contributed by atoms with Crippen molar-refractivity contribution in [3.05, 3.63) is 63.6 Å². The number of fused-ring (bicyclic) bond motifs is 2. The number of urea groups is 1. The standard InChI is InChI=1S/C17H11Cl2N3O3/c18-10-3-1-9(2-4-10)8-22-13-6-5-11(19)7-12(13)17(15(22)24)14(23)20-16(25)21-17/h1-7H,8H2,(H2,20,21,23,25). The lowest BCUT2D eigenvalue weighted by Gasteiger charge is -2.21. The van der Waals surface area contributed by atoms with Crippen molar-refractivity contribution in [2.45, 2.75) is 12.1 Å². The van der Waals surface area contributed by atoms with E-state index in [0.717, 1.165) is 5.56 Å². The lowest BCUT2D eigenvalue weighted by Crippen LogP contribution is -2.52. The molecule has 0 bridgehead atoms. The van der Waals surface area contributed by atoms with Gasteiger partial charge in [-0.1, -0.05) is 35.3 Å². The molecule has 0 aromatic heterocycles. The zero-order chi connectivity index (χ0) is 17.8. The van der Waals surface area contributed by atoms with Crippen LogP contribution in [0.4, 0.5) is 10.5 Å². The summed E-state index contributed by atoms with van der Waals surface area (Å²) < 4.78 is 0. The number of rotatable bonds is 2. The molecule has 2 aromatic carbocycles. The summed E-state index contributed by atoms with van der Waals surface area (Å²) in [4.78, 5) is 38.7. The average Bonchev–Trinajstić information content (AvgIpc) is 2.99. The normalized spacial score (nSPS) is 21.5. The number of hydrogen-bond donors (Lipinski definition) is 2. The first-order valence-corrected chi connectivity index (χ1v) is 8.17. The van der Waals surface area contributed by atoms with Gasteiger partial charge in [0.25, 0.3) is 11.8 Å². The van der Waals surface area contributed by atoms with Crippen molar-refractivity contribution in [2.75, 3.05) is 4.90 Å². The highest BCUT2D eigenvalue weighted by atomic mass is 35.5. The number of amides is 4. The molecule has 8 heteroatoms. The van der Waals surface area contributed by atoms with Crippen molar-refractivity contribution in [1.82, 2.24) is 10.6 Å². The Morgan fingerprint density at radius 2 is 1.64 bits per heavy atom. The Bertz CT molecular complexity index is 929. The van der Waals surface area contributed by atoms with Gasteiger partial charge in [0.1, 0.15) is 0 Å². The third-order valence-electron chi connectivity index (χ3n) is 4.34. The molecule has 0 saturated carbocycles. The van der Waals surface area contributed by atoms with Gasteiger partial charge in [-0.05, 0) is 35.9 Å². The van der Waals surface area contributed by atoms with Crippen LogP contribution in [-0.4, -0.2) is 17.8 Å². The summed E-state index contributed by atoms with van der Waals surface area (Å²) in [5.41, 5.74) is -0.0477. The fourth-order valence-electron chi connectivity index (χ4n) is 3.20. The van der Waals surface area contributed by atoms with E-state index in [0.29, 0.717) is 21.3 Å². The van der Waals surface area contributed by atoms with Crippen LogP contribution in [0.5, 0.6) is 0 Å². The van der Waals surface area contributed by atoms with Crippen molar-refractivity contribution < 1.29 is 14.4 Å². The summed E-state index contributed by atoms with van der Waals surface area (Å²) >= 11 is 11.9. The second-order valence-electron chi connectivity index (χ2n) is 5.84. The maximum atomic E-state index is 13.1. The Kier molecular flexibility index (Phi) is 3.49. The first kappa shape index (κ1) is 15.9. The van der Waals surface area contributed by atoms with Crippen LogP contribution in [0, 0.1) is 0 Å². The number of nitrogens with one attached hydrogen (secondary N) is 2. The molecular weight excluding hydrogens is 365 g/mol. The smallest absolute Gasteiger partial charge is 0.312 e. The number of halogens is 2. The zero-order valence-corrected chi connectivity index (χ0v) is 14.2. The third kappa shape index (κ3) is 2.29. The number of carbonyl (C=O) groups excluding carboxylic acids is 3. The lowest BCUT2D eigenvalue weighted by atomic mass is 9.91. The van der Waals surface area contributed by atoms with Crippen LogP contribution in [0.15, 0.2) is 42.5 Å². The van der Waals surface area contributed by atoms with Gasteiger partial charge in [0, 0.05) is 15.6 Å². The molecule has 126 valence electrons. The molecule has 4 rings (SSSR count). The Balaban J connectivity index is 1.82. The highest BCUT2D eigenvalue weighted by Gasteiger charge is 2.61. The summed E-state index contributed by atoms with van der Waals surface area (Å²) in [6.07, 6.45) is 0. The molecule has 6 nitrogen and oxygen atoms in total. The monoisotopic (exact) mass is 375 g/mol.